The van der Waals surface area contributed by atoms with E-state index in [1.807, 2.05) is 0 Å². The van der Waals surface area contributed by atoms with Crippen LogP contribution in [0.5, 0.6) is 0 Å². The quantitative estimate of drug-likeness (QED) is 0.607. The van der Waals surface area contributed by atoms with Crippen molar-refractivity contribution in [1.82, 2.24) is 0 Å². The second kappa shape index (κ2) is 2.70. The molecule has 58 valence electrons. The molecule has 0 bridgehead atoms. The van der Waals surface area contributed by atoms with Gasteiger partial charge in [0.25, 0.3) is 0 Å². The molecule has 1 aliphatic carbocycles. The van der Waals surface area contributed by atoms with E-state index in [0.717, 1.165) is 6.08 Å². The molecule has 0 saturated heterocycles. The monoisotopic (exact) mass is 155 g/mol. The summed E-state index contributed by atoms with van der Waals surface area (Å²) in [5.41, 5.74) is 0. The fourth-order valence-electron chi connectivity index (χ4n) is 0.908. The molecule has 1 saturated carbocycles. The summed E-state index contributed by atoms with van der Waals surface area (Å²) in [6.45, 7) is 0. The molecule has 2 unspecified atom stereocenters. The first-order valence-electron chi connectivity index (χ1n) is 3.15. The molecule has 11 heavy (non-hydrogen) atoms. The number of halogens is 1. The fourth-order valence-corrected chi connectivity index (χ4v) is 0.908. The van der Waals surface area contributed by atoms with E-state index >= 15 is 0 Å². The van der Waals surface area contributed by atoms with Gasteiger partial charge in [0.05, 0.1) is 5.92 Å². The summed E-state index contributed by atoms with van der Waals surface area (Å²) in [5, 5.41) is 16.4. The zero-order valence-corrected chi connectivity index (χ0v) is 5.62. The van der Waals surface area contributed by atoms with Gasteiger partial charge in [-0.25, -0.2) is 0 Å². The van der Waals surface area contributed by atoms with Gasteiger partial charge < -0.3 is 5.11 Å². The molecule has 4 heteroatoms. The highest BCUT2D eigenvalue weighted by molar-refractivity contribution is 5.74. The molecule has 0 aromatic carbocycles. The van der Waals surface area contributed by atoms with Gasteiger partial charge in [0, 0.05) is 0 Å². The van der Waals surface area contributed by atoms with Crippen LogP contribution < -0.4 is 0 Å². The van der Waals surface area contributed by atoms with Crippen molar-refractivity contribution in [2.45, 2.75) is 6.42 Å². The normalized spacial score (nSPS) is 29.3. The summed E-state index contributed by atoms with van der Waals surface area (Å²) >= 11 is 0. The predicted molar refractivity (Wildman–Crippen MR) is 34.0 cm³/mol. The summed E-state index contributed by atoms with van der Waals surface area (Å²) in [7, 11) is 0. The van der Waals surface area contributed by atoms with Crippen molar-refractivity contribution in [2.24, 2.45) is 11.8 Å². The maximum atomic E-state index is 12.2. The number of carbonyl (C=O) groups is 1. The molecule has 3 nitrogen and oxygen atoms in total. The van der Waals surface area contributed by atoms with Gasteiger partial charge in [0.15, 0.2) is 5.83 Å². The predicted octanol–water partition coefficient (Wildman–Crippen LogP) is 1.08. The lowest BCUT2D eigenvalue weighted by Crippen LogP contribution is -1.98. The first-order chi connectivity index (χ1) is 5.15. The van der Waals surface area contributed by atoms with Crippen molar-refractivity contribution in [3.05, 3.63) is 11.9 Å². The summed E-state index contributed by atoms with van der Waals surface area (Å²) in [5.74, 6) is -2.56. The third-order valence-electron chi connectivity index (χ3n) is 1.62. The van der Waals surface area contributed by atoms with Crippen LogP contribution in [0.1, 0.15) is 6.42 Å². The van der Waals surface area contributed by atoms with Crippen LogP contribution >= 0.6 is 0 Å². The Labute approximate surface area is 62.7 Å². The highest BCUT2D eigenvalue weighted by Gasteiger charge is 2.41. The number of nitriles is 1. The van der Waals surface area contributed by atoms with E-state index in [9.17, 15) is 9.18 Å². The average Bonchev–Trinajstić information content (AvgIpc) is 2.67. The highest BCUT2D eigenvalue weighted by Crippen LogP contribution is 2.40. The van der Waals surface area contributed by atoms with Crippen LogP contribution in [0.4, 0.5) is 4.39 Å². The molecule has 0 spiro atoms. The Balaban J connectivity index is 2.47. The van der Waals surface area contributed by atoms with Crippen LogP contribution in [-0.4, -0.2) is 11.1 Å². The van der Waals surface area contributed by atoms with Crippen molar-refractivity contribution < 1.29 is 14.3 Å². The first-order valence-corrected chi connectivity index (χ1v) is 3.15. The van der Waals surface area contributed by atoms with Gasteiger partial charge in [-0.1, -0.05) is 0 Å². The Morgan fingerprint density at radius 3 is 2.82 bits per heavy atom. The molecule has 1 N–H and O–H groups in total. The lowest BCUT2D eigenvalue weighted by molar-refractivity contribution is -0.138. The summed E-state index contributed by atoms with van der Waals surface area (Å²) in [6.07, 6.45) is 1.52. The Kier molecular flexibility index (Phi) is 1.90. The van der Waals surface area contributed by atoms with E-state index in [1.165, 1.54) is 6.07 Å². The lowest BCUT2D eigenvalue weighted by Gasteiger charge is -1.84. The van der Waals surface area contributed by atoms with E-state index in [4.69, 9.17) is 10.4 Å². The van der Waals surface area contributed by atoms with Crippen molar-refractivity contribution in [3.63, 3.8) is 0 Å². The third-order valence-corrected chi connectivity index (χ3v) is 1.62. The van der Waals surface area contributed by atoms with Crippen molar-refractivity contribution in [3.8, 4) is 6.07 Å². The van der Waals surface area contributed by atoms with Crippen molar-refractivity contribution in [2.75, 3.05) is 0 Å². The van der Waals surface area contributed by atoms with E-state index in [-0.39, 0.29) is 5.92 Å². The Morgan fingerprint density at radius 2 is 2.45 bits per heavy atom. The molecule has 1 aliphatic rings. The van der Waals surface area contributed by atoms with E-state index in [1.54, 1.807) is 0 Å². The second-order valence-corrected chi connectivity index (χ2v) is 2.47. The molecule has 0 aromatic rings. The number of carboxylic acids is 1. The summed E-state index contributed by atoms with van der Waals surface area (Å²) in [6, 6.07) is 1.30. The number of allylic oxidation sites excluding steroid dienone is 2. The average molecular weight is 155 g/mol. The van der Waals surface area contributed by atoms with E-state index < -0.39 is 17.7 Å². The SMILES string of the molecule is N#CC(F)=CC1CC1C(=O)O. The molecule has 1 fully saturated rings. The molecule has 0 aromatic heterocycles. The van der Waals surface area contributed by atoms with E-state index in [0.29, 0.717) is 6.42 Å². The molecule has 0 amide bonds. The van der Waals surface area contributed by atoms with Gasteiger partial charge in [-0.15, -0.1) is 0 Å². The van der Waals surface area contributed by atoms with Crippen LogP contribution in [0.25, 0.3) is 0 Å². The zero-order chi connectivity index (χ0) is 8.43. The number of carboxylic acid groups (broad SMARTS) is 1. The number of hydrogen-bond donors (Lipinski definition) is 1. The smallest absolute Gasteiger partial charge is 0.307 e. The molecule has 0 heterocycles. The lowest BCUT2D eigenvalue weighted by atomic mass is 10.3. The topological polar surface area (TPSA) is 61.1 Å². The zero-order valence-electron chi connectivity index (χ0n) is 5.62. The fraction of sp³-hybridized carbons (Fsp3) is 0.429. The van der Waals surface area contributed by atoms with Crippen molar-refractivity contribution >= 4 is 5.97 Å². The molecule has 2 atom stereocenters. The third kappa shape index (κ3) is 1.77. The van der Waals surface area contributed by atoms with Crippen molar-refractivity contribution in [1.29, 1.82) is 5.26 Å². The minimum absolute atomic E-state index is 0.271. The largest absolute Gasteiger partial charge is 0.481 e. The standard InChI is InChI=1S/C7H6FNO2/c8-5(3-9)1-4-2-6(4)7(10)11/h1,4,6H,2H2,(H,10,11). The molecule has 0 aliphatic heterocycles. The number of rotatable bonds is 2. The van der Waals surface area contributed by atoms with Gasteiger partial charge in [0.2, 0.25) is 0 Å². The van der Waals surface area contributed by atoms with Crippen LogP contribution in [0.2, 0.25) is 0 Å². The van der Waals surface area contributed by atoms with Gasteiger partial charge >= 0.3 is 5.97 Å². The summed E-state index contributed by atoms with van der Waals surface area (Å²) < 4.78 is 12.2. The van der Waals surface area contributed by atoms with Gasteiger partial charge in [0.1, 0.15) is 6.07 Å². The highest BCUT2D eigenvalue weighted by atomic mass is 19.1. The van der Waals surface area contributed by atoms with E-state index in [2.05, 4.69) is 0 Å². The first kappa shape index (κ1) is 7.73. The number of aliphatic carboxylic acids is 1. The minimum atomic E-state index is -0.919. The molecular formula is C7H6FNO2. The summed E-state index contributed by atoms with van der Waals surface area (Å²) in [4.78, 5) is 10.2. The Hall–Kier alpha value is -1.37. The number of hydrogen-bond acceptors (Lipinski definition) is 2. The van der Waals surface area contributed by atoms with Gasteiger partial charge in [-0.2, -0.15) is 9.65 Å². The molecule has 1 rings (SSSR count). The number of nitrogens with zero attached hydrogens (tertiary/aromatic N) is 1. The minimum Gasteiger partial charge on any atom is -0.481 e. The van der Waals surface area contributed by atoms with Crippen LogP contribution in [0.15, 0.2) is 11.9 Å². The Bertz CT molecular complexity index is 254. The second-order valence-electron chi connectivity index (χ2n) is 2.47. The molecular weight excluding hydrogens is 149 g/mol. The van der Waals surface area contributed by atoms with Crippen LogP contribution in [-0.2, 0) is 4.79 Å². The molecule has 0 radical (unpaired) electrons. The maximum Gasteiger partial charge on any atom is 0.307 e. The van der Waals surface area contributed by atoms with Gasteiger partial charge in [-0.05, 0) is 18.4 Å². The van der Waals surface area contributed by atoms with Crippen LogP contribution in [0, 0.1) is 23.2 Å². The van der Waals surface area contributed by atoms with Crippen LogP contribution in [0.3, 0.4) is 0 Å². The maximum absolute atomic E-state index is 12.2. The Morgan fingerprint density at radius 1 is 1.82 bits per heavy atom. The van der Waals surface area contributed by atoms with Gasteiger partial charge in [-0.3, -0.25) is 4.79 Å².